The van der Waals surface area contributed by atoms with Crippen molar-refractivity contribution in [2.24, 2.45) is 0 Å². The number of fused-ring (bicyclic) bond motifs is 1. The number of hydrogen-bond acceptors (Lipinski definition) is 5. The fourth-order valence-corrected chi connectivity index (χ4v) is 6.38. The molecule has 2 N–H and O–H groups in total. The average molecular weight is 602 g/mol. The molecule has 1 aliphatic rings. The van der Waals surface area contributed by atoms with E-state index in [4.69, 9.17) is 40.2 Å². The Morgan fingerprint density at radius 3 is 2.74 bits per heavy atom. The summed E-state index contributed by atoms with van der Waals surface area (Å²) in [5.74, 6) is 0.214. The van der Waals surface area contributed by atoms with Crippen LogP contribution in [0.1, 0.15) is 52.0 Å². The molecule has 34 heavy (non-hydrogen) atoms. The van der Waals surface area contributed by atoms with Crippen molar-refractivity contribution in [3.05, 3.63) is 60.5 Å². The number of halogens is 3. The molecule has 4 rings (SSSR count). The number of carbonyl (C=O) groups excluding carboxylic acids is 1. The Bertz CT molecular complexity index is 1230. The van der Waals surface area contributed by atoms with Gasteiger partial charge in [-0.05, 0) is 77.1 Å². The number of thiocarbonyl (C=S) groups is 1. The Balaban J connectivity index is 1.51. The van der Waals surface area contributed by atoms with E-state index in [0.717, 1.165) is 41.3 Å². The van der Waals surface area contributed by atoms with Gasteiger partial charge in [-0.15, -0.1) is 11.3 Å². The number of aromatic nitrogens is 2. The predicted octanol–water partition coefficient (Wildman–Crippen LogP) is 7.32. The largest absolute Gasteiger partial charge is 0.465 e. The molecule has 0 aliphatic heterocycles. The lowest BCUT2D eigenvalue weighted by atomic mass is 9.96. The highest BCUT2D eigenvalue weighted by atomic mass is 79.9. The van der Waals surface area contributed by atoms with Crippen molar-refractivity contribution in [1.82, 2.24) is 9.78 Å². The van der Waals surface area contributed by atoms with Crippen LogP contribution < -0.4 is 10.6 Å². The summed E-state index contributed by atoms with van der Waals surface area (Å²) in [4.78, 5) is 13.9. The van der Waals surface area contributed by atoms with Crippen LogP contribution in [0.5, 0.6) is 0 Å². The number of hydrogen-bond donors (Lipinski definition) is 2. The molecule has 11 heteroatoms. The van der Waals surface area contributed by atoms with Gasteiger partial charge in [0.25, 0.3) is 0 Å². The summed E-state index contributed by atoms with van der Waals surface area (Å²) in [5, 5.41) is 13.1. The summed E-state index contributed by atoms with van der Waals surface area (Å²) in [6, 6.07) is 5.37. The highest BCUT2D eigenvalue weighted by Gasteiger charge is 2.25. The summed E-state index contributed by atoms with van der Waals surface area (Å²) in [5.41, 5.74) is 2.58. The highest BCUT2D eigenvalue weighted by molar-refractivity contribution is 9.10. The van der Waals surface area contributed by atoms with E-state index in [-0.39, 0.29) is 5.97 Å². The van der Waals surface area contributed by atoms with Crippen LogP contribution in [0, 0.1) is 0 Å². The van der Waals surface area contributed by atoms with Crippen molar-refractivity contribution < 1.29 is 9.53 Å². The van der Waals surface area contributed by atoms with Crippen LogP contribution in [0.25, 0.3) is 0 Å². The summed E-state index contributed by atoms with van der Waals surface area (Å²) in [7, 11) is 1.41. The summed E-state index contributed by atoms with van der Waals surface area (Å²) in [6.45, 7) is 0.473. The fraction of sp³-hybridized carbons (Fsp3) is 0.348. The summed E-state index contributed by atoms with van der Waals surface area (Å²) >= 11 is 22.9. The van der Waals surface area contributed by atoms with Crippen LogP contribution in [-0.4, -0.2) is 28.0 Å². The molecule has 0 atom stereocenters. The zero-order chi connectivity index (χ0) is 24.2. The van der Waals surface area contributed by atoms with Gasteiger partial charge in [-0.1, -0.05) is 42.1 Å². The lowest BCUT2D eigenvalue weighted by Crippen LogP contribution is -2.21. The van der Waals surface area contributed by atoms with Crippen LogP contribution in [0.15, 0.2) is 28.9 Å². The lowest BCUT2D eigenvalue weighted by molar-refractivity contribution is 0.0601. The summed E-state index contributed by atoms with van der Waals surface area (Å²) < 4.78 is 7.59. The second kappa shape index (κ2) is 11.4. The molecule has 0 radical (unpaired) electrons. The monoisotopic (exact) mass is 600 g/mol. The minimum Gasteiger partial charge on any atom is -0.465 e. The number of esters is 1. The standard InChI is InChI=1S/C23H23BrCl2N4O2S2/c1-32-22(31)19-15-6-4-2-3-5-7-18(15)34-21(19)28-23(33)27-20-16(24)12-30(29-20)11-13-8-9-14(25)10-17(13)26/h8-10,12H,2-7,11H2,1H3,(H2,27,28,29,33). The quantitative estimate of drug-likeness (QED) is 0.236. The zero-order valence-corrected chi connectivity index (χ0v) is 23.2. The first kappa shape index (κ1) is 25.4. The zero-order valence-electron chi connectivity index (χ0n) is 18.4. The molecular formula is C23H23BrCl2N4O2S2. The number of methoxy groups -OCH3 is 1. The van der Waals surface area contributed by atoms with Gasteiger partial charge in [0, 0.05) is 21.1 Å². The molecule has 6 nitrogen and oxygen atoms in total. The second-order valence-corrected chi connectivity index (χ2v) is 11.2. The van der Waals surface area contributed by atoms with E-state index >= 15 is 0 Å². The topological polar surface area (TPSA) is 68.2 Å². The first-order valence-electron chi connectivity index (χ1n) is 10.8. The maximum atomic E-state index is 12.6. The normalized spacial score (nSPS) is 13.5. The van der Waals surface area contributed by atoms with Gasteiger partial charge in [0.1, 0.15) is 5.00 Å². The molecule has 0 amide bonds. The number of benzene rings is 1. The third-order valence-corrected chi connectivity index (χ3v) is 8.16. The molecule has 1 aromatic carbocycles. The first-order chi connectivity index (χ1) is 16.4. The number of aryl methyl sites for hydroxylation is 1. The van der Waals surface area contributed by atoms with Gasteiger partial charge in [0.05, 0.1) is 23.7 Å². The van der Waals surface area contributed by atoms with Crippen molar-refractivity contribution in [3.63, 3.8) is 0 Å². The smallest absolute Gasteiger partial charge is 0.341 e. The van der Waals surface area contributed by atoms with Crippen LogP contribution in [0.2, 0.25) is 10.0 Å². The van der Waals surface area contributed by atoms with Gasteiger partial charge >= 0.3 is 5.97 Å². The van der Waals surface area contributed by atoms with Gasteiger partial charge in [-0.2, -0.15) is 5.10 Å². The van der Waals surface area contributed by atoms with Crippen molar-refractivity contribution in [2.75, 3.05) is 17.7 Å². The van der Waals surface area contributed by atoms with Crippen LogP contribution in [-0.2, 0) is 24.1 Å². The maximum Gasteiger partial charge on any atom is 0.341 e. The highest BCUT2D eigenvalue weighted by Crippen LogP contribution is 2.37. The molecule has 0 saturated carbocycles. The van der Waals surface area contributed by atoms with Crippen molar-refractivity contribution in [3.8, 4) is 0 Å². The van der Waals surface area contributed by atoms with Crippen LogP contribution >= 0.6 is 62.7 Å². The first-order valence-corrected chi connectivity index (χ1v) is 13.6. The number of nitrogens with zero attached hydrogens (tertiary/aromatic N) is 2. The molecule has 0 unspecified atom stereocenters. The Morgan fingerprint density at radius 1 is 1.24 bits per heavy atom. The Kier molecular flexibility index (Phi) is 8.52. The Labute approximate surface area is 226 Å². The van der Waals surface area contributed by atoms with Gasteiger partial charge in [-0.25, -0.2) is 4.79 Å². The van der Waals surface area contributed by atoms with E-state index in [0.29, 0.717) is 38.1 Å². The number of anilines is 2. The third kappa shape index (κ3) is 5.94. The number of nitrogens with one attached hydrogen (secondary N) is 2. The van der Waals surface area contributed by atoms with Crippen LogP contribution in [0.3, 0.4) is 0 Å². The van der Waals surface area contributed by atoms with E-state index in [2.05, 4.69) is 31.7 Å². The molecular weight excluding hydrogens is 579 g/mol. The van der Waals surface area contributed by atoms with Crippen LogP contribution in [0.4, 0.5) is 10.8 Å². The molecule has 2 heterocycles. The molecule has 0 saturated heterocycles. The van der Waals surface area contributed by atoms with Gasteiger partial charge in [0.15, 0.2) is 10.9 Å². The minimum atomic E-state index is -0.339. The van der Waals surface area contributed by atoms with Crippen molar-refractivity contribution >= 4 is 84.6 Å². The predicted molar refractivity (Wildman–Crippen MR) is 147 cm³/mol. The Morgan fingerprint density at radius 2 is 2.00 bits per heavy atom. The van der Waals surface area contributed by atoms with Crippen molar-refractivity contribution in [1.29, 1.82) is 0 Å². The second-order valence-electron chi connectivity index (χ2n) is 7.95. The SMILES string of the molecule is COC(=O)c1c(NC(=S)Nc2nn(Cc3ccc(Cl)cc3Cl)cc2Br)sc2c1CCCCCC2. The minimum absolute atomic E-state index is 0.339. The lowest BCUT2D eigenvalue weighted by Gasteiger charge is -2.11. The van der Waals surface area contributed by atoms with E-state index in [1.165, 1.54) is 24.8 Å². The molecule has 0 spiro atoms. The average Bonchev–Trinajstić information content (AvgIpc) is 3.28. The van der Waals surface area contributed by atoms with E-state index in [1.54, 1.807) is 28.2 Å². The molecule has 0 bridgehead atoms. The van der Waals surface area contributed by atoms with Gasteiger partial charge in [-0.3, -0.25) is 4.68 Å². The van der Waals surface area contributed by atoms with Gasteiger partial charge < -0.3 is 15.4 Å². The number of rotatable bonds is 5. The Hall–Kier alpha value is -1.65. The number of ether oxygens (including phenoxy) is 1. The van der Waals surface area contributed by atoms with E-state index in [1.807, 2.05) is 12.3 Å². The third-order valence-electron chi connectivity index (χ3n) is 5.58. The maximum absolute atomic E-state index is 12.6. The van der Waals surface area contributed by atoms with E-state index < -0.39 is 0 Å². The fourth-order valence-electron chi connectivity index (χ4n) is 3.95. The number of carbonyl (C=O) groups is 1. The molecule has 180 valence electrons. The van der Waals surface area contributed by atoms with Crippen molar-refractivity contribution in [2.45, 2.75) is 45.1 Å². The molecule has 3 aromatic rings. The summed E-state index contributed by atoms with van der Waals surface area (Å²) in [6.07, 6.45) is 8.27. The number of thiophene rings is 1. The van der Waals surface area contributed by atoms with Gasteiger partial charge in [0.2, 0.25) is 0 Å². The molecule has 0 fully saturated rings. The molecule has 1 aliphatic carbocycles. The molecule has 2 aromatic heterocycles. The van der Waals surface area contributed by atoms with E-state index in [9.17, 15) is 4.79 Å².